The maximum atomic E-state index is 12.8. The maximum absolute atomic E-state index is 12.8. The Morgan fingerprint density at radius 2 is 1.56 bits per heavy atom. The number of anilines is 3. The summed E-state index contributed by atoms with van der Waals surface area (Å²) in [5.74, 6) is -0.207. The van der Waals surface area contributed by atoms with E-state index in [0.29, 0.717) is 24.5 Å². The first-order chi connectivity index (χ1) is 17.3. The Morgan fingerprint density at radius 3 is 2.11 bits per heavy atom. The third-order valence-electron chi connectivity index (χ3n) is 5.32. The van der Waals surface area contributed by atoms with Gasteiger partial charge in [-0.25, -0.2) is 14.2 Å². The van der Waals surface area contributed by atoms with Crippen molar-refractivity contribution in [2.45, 2.75) is 84.6 Å². The fourth-order valence-corrected chi connectivity index (χ4v) is 3.34. The van der Waals surface area contributed by atoms with Crippen LogP contribution in [0.15, 0.2) is 36.4 Å². The van der Waals surface area contributed by atoms with Crippen LogP contribution in [0.25, 0.3) is 0 Å². The van der Waals surface area contributed by atoms with E-state index in [1.807, 2.05) is 0 Å². The number of nitrogens with one attached hydrogen (secondary N) is 2. The molecular formula is C27H41FN4O4. The molecule has 1 amide bonds. The third-order valence-corrected chi connectivity index (χ3v) is 5.32. The van der Waals surface area contributed by atoms with Crippen LogP contribution in [0.5, 0.6) is 0 Å². The number of carbonyl (C=O) groups is 2. The molecule has 0 bridgehead atoms. The van der Waals surface area contributed by atoms with E-state index in [-0.39, 0.29) is 18.2 Å². The maximum Gasteiger partial charge on any atom is 0.411 e. The van der Waals surface area contributed by atoms with E-state index in [1.54, 1.807) is 31.2 Å². The monoisotopic (exact) mass is 504 g/mol. The number of carboxylic acids is 1. The number of carboxylic acid groups (broad SMARTS) is 1. The first-order valence-corrected chi connectivity index (χ1v) is 12.8. The molecule has 2 aromatic rings. The van der Waals surface area contributed by atoms with Gasteiger partial charge in [-0.1, -0.05) is 70.4 Å². The molecule has 36 heavy (non-hydrogen) atoms. The van der Waals surface area contributed by atoms with Crippen LogP contribution in [0.1, 0.15) is 83.6 Å². The highest BCUT2D eigenvalue weighted by Crippen LogP contribution is 2.19. The van der Waals surface area contributed by atoms with Gasteiger partial charge in [0.25, 0.3) is 0 Å². The first-order valence-electron chi connectivity index (χ1n) is 12.8. The Labute approximate surface area is 213 Å². The molecule has 0 radical (unpaired) electrons. The molecule has 0 fully saturated rings. The molecule has 9 heteroatoms. The van der Waals surface area contributed by atoms with Gasteiger partial charge < -0.3 is 20.9 Å². The summed E-state index contributed by atoms with van der Waals surface area (Å²) in [5.41, 5.74) is 7.08. The van der Waals surface area contributed by atoms with Crippen LogP contribution in [-0.2, 0) is 16.1 Å². The highest BCUT2D eigenvalue weighted by atomic mass is 19.1. The van der Waals surface area contributed by atoms with Crippen molar-refractivity contribution in [3.63, 3.8) is 0 Å². The van der Waals surface area contributed by atoms with Crippen LogP contribution in [0, 0.1) is 5.82 Å². The van der Waals surface area contributed by atoms with Gasteiger partial charge in [0.15, 0.2) is 0 Å². The molecule has 0 spiro atoms. The normalized spacial score (nSPS) is 10.2. The van der Waals surface area contributed by atoms with Gasteiger partial charge in [-0.3, -0.25) is 10.1 Å². The van der Waals surface area contributed by atoms with Crippen molar-refractivity contribution in [2.75, 3.05) is 23.0 Å². The Bertz CT molecular complexity index is 894. The molecule has 0 saturated heterocycles. The summed E-state index contributed by atoms with van der Waals surface area (Å²) < 4.78 is 17.6. The molecule has 1 aromatic heterocycles. The zero-order valence-corrected chi connectivity index (χ0v) is 21.5. The van der Waals surface area contributed by atoms with Gasteiger partial charge in [0.05, 0.1) is 12.3 Å². The second-order valence-electron chi connectivity index (χ2n) is 8.43. The van der Waals surface area contributed by atoms with E-state index < -0.39 is 12.1 Å². The lowest BCUT2D eigenvalue weighted by molar-refractivity contribution is -0.137. The number of nitrogens with two attached hydrogens (primary N) is 1. The standard InChI is InChI=1S/C15H17FN4O2.C12H24O2/c1-2-22-15(21)19-12-7-8-13(20-14(12)17)18-9-10-3-5-11(16)6-4-10;1-2-3-4-5-6-7-8-9-10-11-12(13)14/h3-8H,2,9H2,1H3,(H,19,21)(H3,17,18,20);2-11H2,1H3,(H,13,14). The smallest absolute Gasteiger partial charge is 0.411 e. The molecule has 0 saturated carbocycles. The molecule has 8 nitrogen and oxygen atoms in total. The summed E-state index contributed by atoms with van der Waals surface area (Å²) in [4.78, 5) is 25.7. The number of nitrogens with zero attached hydrogens (tertiary/aromatic N) is 1. The molecule has 0 aliphatic heterocycles. The van der Waals surface area contributed by atoms with Gasteiger partial charge in [-0.2, -0.15) is 0 Å². The van der Waals surface area contributed by atoms with Crippen LogP contribution < -0.4 is 16.4 Å². The van der Waals surface area contributed by atoms with E-state index in [1.165, 1.54) is 57.1 Å². The summed E-state index contributed by atoms with van der Waals surface area (Å²) in [7, 11) is 0. The molecule has 5 N–H and O–H groups in total. The molecule has 2 rings (SSSR count). The van der Waals surface area contributed by atoms with E-state index in [4.69, 9.17) is 15.6 Å². The van der Waals surface area contributed by atoms with Gasteiger partial charge in [0.1, 0.15) is 17.5 Å². The van der Waals surface area contributed by atoms with Gasteiger partial charge in [-0.15, -0.1) is 0 Å². The summed E-state index contributed by atoms with van der Waals surface area (Å²) in [6, 6.07) is 9.47. The van der Waals surface area contributed by atoms with Crippen LogP contribution in [0.2, 0.25) is 0 Å². The third kappa shape index (κ3) is 14.8. The molecule has 0 atom stereocenters. The van der Waals surface area contributed by atoms with Crippen molar-refractivity contribution < 1.29 is 23.8 Å². The Balaban J connectivity index is 0.000000402. The van der Waals surface area contributed by atoms with Crippen molar-refractivity contribution >= 4 is 29.4 Å². The molecule has 1 aromatic carbocycles. The number of aliphatic carboxylic acids is 1. The second-order valence-corrected chi connectivity index (χ2v) is 8.43. The zero-order valence-electron chi connectivity index (χ0n) is 21.5. The van der Waals surface area contributed by atoms with Gasteiger partial charge in [0.2, 0.25) is 0 Å². The summed E-state index contributed by atoms with van der Waals surface area (Å²) in [5, 5.41) is 14.0. The number of benzene rings is 1. The quantitative estimate of drug-likeness (QED) is 0.193. The largest absolute Gasteiger partial charge is 0.481 e. The number of pyridine rings is 1. The van der Waals surface area contributed by atoms with Crippen molar-refractivity contribution in [1.82, 2.24) is 4.98 Å². The lowest BCUT2D eigenvalue weighted by Gasteiger charge is -2.10. The molecular weight excluding hydrogens is 463 g/mol. The summed E-state index contributed by atoms with van der Waals surface area (Å²) in [6.45, 7) is 4.70. The second kappa shape index (κ2) is 18.9. The van der Waals surface area contributed by atoms with Crippen molar-refractivity contribution in [3.8, 4) is 0 Å². The lowest BCUT2D eigenvalue weighted by Crippen LogP contribution is -2.15. The number of amides is 1. The number of carbonyl (C=O) groups excluding carboxylic acids is 1. The number of hydrogen-bond donors (Lipinski definition) is 4. The minimum absolute atomic E-state index is 0.178. The average molecular weight is 505 g/mol. The highest BCUT2D eigenvalue weighted by Gasteiger charge is 2.07. The lowest BCUT2D eigenvalue weighted by atomic mass is 10.1. The number of hydrogen-bond acceptors (Lipinski definition) is 6. The molecule has 1 heterocycles. The Morgan fingerprint density at radius 1 is 0.944 bits per heavy atom. The van der Waals surface area contributed by atoms with Crippen LogP contribution in [-0.4, -0.2) is 28.8 Å². The average Bonchev–Trinajstić information content (AvgIpc) is 2.84. The van der Waals surface area contributed by atoms with E-state index in [0.717, 1.165) is 18.4 Å². The predicted molar refractivity (Wildman–Crippen MR) is 143 cm³/mol. The van der Waals surface area contributed by atoms with Crippen LogP contribution in [0.3, 0.4) is 0 Å². The zero-order chi connectivity index (χ0) is 26.6. The fraction of sp³-hybridized carbons (Fsp3) is 0.519. The van der Waals surface area contributed by atoms with Crippen molar-refractivity contribution in [2.24, 2.45) is 0 Å². The number of unbranched alkanes of at least 4 members (excludes halogenated alkanes) is 8. The summed E-state index contributed by atoms with van der Waals surface area (Å²) >= 11 is 0. The minimum Gasteiger partial charge on any atom is -0.481 e. The molecule has 200 valence electrons. The Kier molecular flexibility index (Phi) is 16.1. The minimum atomic E-state index is -0.659. The van der Waals surface area contributed by atoms with E-state index >= 15 is 0 Å². The number of nitrogen functional groups attached to an aromatic ring is 1. The predicted octanol–water partition coefficient (Wildman–Crippen LogP) is 6.98. The highest BCUT2D eigenvalue weighted by molar-refractivity contribution is 5.88. The number of ether oxygens (including phenoxy) is 1. The molecule has 0 aliphatic carbocycles. The molecule has 0 aliphatic rings. The van der Waals surface area contributed by atoms with Gasteiger partial charge in [-0.05, 0) is 43.2 Å². The topological polar surface area (TPSA) is 127 Å². The summed E-state index contributed by atoms with van der Waals surface area (Å²) in [6.07, 6.45) is 10.9. The SMILES string of the molecule is CCCCCCCCCCCC(=O)O.CCOC(=O)Nc1ccc(NCc2ccc(F)cc2)nc1N. The van der Waals surface area contributed by atoms with E-state index in [2.05, 4.69) is 22.5 Å². The number of aromatic nitrogens is 1. The van der Waals surface area contributed by atoms with Crippen LogP contribution >= 0.6 is 0 Å². The Hall–Kier alpha value is -3.36. The molecule has 0 unspecified atom stereocenters. The van der Waals surface area contributed by atoms with E-state index in [9.17, 15) is 14.0 Å². The first kappa shape index (κ1) is 30.7. The van der Waals surface area contributed by atoms with Crippen molar-refractivity contribution in [1.29, 1.82) is 0 Å². The fourth-order valence-electron chi connectivity index (χ4n) is 3.34. The van der Waals surface area contributed by atoms with Crippen molar-refractivity contribution in [3.05, 3.63) is 47.8 Å². The van der Waals surface area contributed by atoms with Gasteiger partial charge in [0, 0.05) is 13.0 Å². The number of rotatable bonds is 15. The van der Waals surface area contributed by atoms with Gasteiger partial charge >= 0.3 is 12.1 Å². The van der Waals surface area contributed by atoms with Crippen LogP contribution in [0.4, 0.5) is 26.5 Å². The number of halogens is 1.